The lowest BCUT2D eigenvalue weighted by atomic mass is 10.0. The standard InChI is InChI=1S/C18H21N3O5/c1-25-10-17(23)20-14-9-21(7-6-15(14)22)18(24)13-4-2-12(3-5-13)16-8-19-11-26-16/h2-5,8,11,14-15,22H,6-7,9-10H2,1H3,(H,20,23)/t14-,15-/m1/s1. The molecule has 0 aliphatic carbocycles. The van der Waals surface area contributed by atoms with E-state index in [4.69, 9.17) is 9.15 Å². The molecule has 8 nitrogen and oxygen atoms in total. The van der Waals surface area contributed by atoms with Crippen LogP contribution in [0.25, 0.3) is 11.3 Å². The number of nitrogens with zero attached hydrogens (tertiary/aromatic N) is 2. The lowest BCUT2D eigenvalue weighted by molar-refractivity contribution is -0.126. The maximum Gasteiger partial charge on any atom is 0.253 e. The van der Waals surface area contributed by atoms with Crippen LogP contribution in [0, 0.1) is 0 Å². The van der Waals surface area contributed by atoms with Crippen LogP contribution in [-0.2, 0) is 9.53 Å². The summed E-state index contributed by atoms with van der Waals surface area (Å²) in [5.74, 6) is 0.167. The van der Waals surface area contributed by atoms with Crippen molar-refractivity contribution in [1.82, 2.24) is 15.2 Å². The second-order valence-corrected chi connectivity index (χ2v) is 6.16. The van der Waals surface area contributed by atoms with E-state index in [1.807, 2.05) is 0 Å². The van der Waals surface area contributed by atoms with E-state index in [9.17, 15) is 14.7 Å². The summed E-state index contributed by atoms with van der Waals surface area (Å²) in [7, 11) is 1.43. The number of oxazole rings is 1. The molecule has 2 amide bonds. The molecule has 8 heteroatoms. The molecule has 0 bridgehead atoms. The summed E-state index contributed by atoms with van der Waals surface area (Å²) >= 11 is 0. The third-order valence-electron chi connectivity index (χ3n) is 4.33. The van der Waals surface area contributed by atoms with Crippen LogP contribution in [0.15, 0.2) is 41.3 Å². The lowest BCUT2D eigenvalue weighted by Crippen LogP contribution is -2.56. The van der Waals surface area contributed by atoms with Crippen molar-refractivity contribution in [2.75, 3.05) is 26.8 Å². The number of aliphatic hydroxyl groups is 1. The Morgan fingerprint density at radius 3 is 2.81 bits per heavy atom. The second-order valence-electron chi connectivity index (χ2n) is 6.16. The molecule has 2 heterocycles. The number of rotatable bonds is 5. The first kappa shape index (κ1) is 18.1. The van der Waals surface area contributed by atoms with Crippen molar-refractivity contribution in [1.29, 1.82) is 0 Å². The van der Waals surface area contributed by atoms with Gasteiger partial charge < -0.3 is 24.5 Å². The van der Waals surface area contributed by atoms with Gasteiger partial charge in [0.1, 0.15) is 6.61 Å². The average Bonchev–Trinajstić information content (AvgIpc) is 3.18. The lowest BCUT2D eigenvalue weighted by Gasteiger charge is -2.36. The summed E-state index contributed by atoms with van der Waals surface area (Å²) in [6.45, 7) is 0.597. The molecule has 1 aliphatic rings. The van der Waals surface area contributed by atoms with E-state index >= 15 is 0 Å². The van der Waals surface area contributed by atoms with Gasteiger partial charge in [-0.25, -0.2) is 4.98 Å². The number of ether oxygens (including phenoxy) is 1. The fraction of sp³-hybridized carbons (Fsp3) is 0.389. The number of amides is 2. The molecule has 26 heavy (non-hydrogen) atoms. The number of hydrogen-bond acceptors (Lipinski definition) is 6. The number of likely N-dealkylation sites (tertiary alicyclic amines) is 1. The number of carbonyl (C=O) groups is 2. The SMILES string of the molecule is COCC(=O)N[C@@H]1CN(C(=O)c2ccc(-c3cnco3)cc2)CC[C@H]1O. The Kier molecular flexibility index (Phi) is 5.65. The van der Waals surface area contributed by atoms with E-state index in [0.717, 1.165) is 5.56 Å². The molecule has 138 valence electrons. The summed E-state index contributed by atoms with van der Waals surface area (Å²) < 4.78 is 10.0. The quantitative estimate of drug-likeness (QED) is 0.813. The van der Waals surface area contributed by atoms with Crippen LogP contribution in [0.3, 0.4) is 0 Å². The number of carbonyl (C=O) groups excluding carboxylic acids is 2. The highest BCUT2D eigenvalue weighted by molar-refractivity contribution is 5.94. The number of nitrogens with one attached hydrogen (secondary N) is 1. The van der Waals surface area contributed by atoms with Gasteiger partial charge in [-0.05, 0) is 18.6 Å². The topological polar surface area (TPSA) is 105 Å². The first-order chi connectivity index (χ1) is 12.6. The van der Waals surface area contributed by atoms with Gasteiger partial charge in [0.15, 0.2) is 12.2 Å². The van der Waals surface area contributed by atoms with Gasteiger partial charge in [-0.2, -0.15) is 0 Å². The van der Waals surface area contributed by atoms with Crippen LogP contribution in [0.2, 0.25) is 0 Å². The minimum atomic E-state index is -0.686. The van der Waals surface area contributed by atoms with Crippen molar-refractivity contribution in [2.45, 2.75) is 18.6 Å². The summed E-state index contributed by atoms with van der Waals surface area (Å²) in [5.41, 5.74) is 1.37. The van der Waals surface area contributed by atoms with Crippen LogP contribution < -0.4 is 5.32 Å². The molecule has 1 aromatic heterocycles. The van der Waals surface area contributed by atoms with Crippen molar-refractivity contribution in [2.24, 2.45) is 0 Å². The molecule has 2 aromatic rings. The fourth-order valence-corrected chi connectivity index (χ4v) is 2.96. The van der Waals surface area contributed by atoms with Gasteiger partial charge in [-0.3, -0.25) is 9.59 Å². The largest absolute Gasteiger partial charge is 0.444 e. The van der Waals surface area contributed by atoms with Crippen molar-refractivity contribution < 1.29 is 23.8 Å². The van der Waals surface area contributed by atoms with Crippen molar-refractivity contribution in [3.05, 3.63) is 42.4 Å². The molecule has 1 aromatic carbocycles. The first-order valence-corrected chi connectivity index (χ1v) is 8.33. The molecule has 1 aliphatic heterocycles. The maximum absolute atomic E-state index is 12.7. The van der Waals surface area contributed by atoms with Gasteiger partial charge in [0.25, 0.3) is 5.91 Å². The summed E-state index contributed by atoms with van der Waals surface area (Å²) in [4.78, 5) is 29.9. The van der Waals surface area contributed by atoms with E-state index in [1.165, 1.54) is 13.5 Å². The number of benzene rings is 1. The monoisotopic (exact) mass is 359 g/mol. The highest BCUT2D eigenvalue weighted by Crippen LogP contribution is 2.20. The van der Waals surface area contributed by atoms with E-state index in [0.29, 0.717) is 24.3 Å². The molecule has 0 spiro atoms. The second kappa shape index (κ2) is 8.11. The predicted octanol–water partition coefficient (Wildman–Crippen LogP) is 0.680. The Morgan fingerprint density at radius 2 is 2.15 bits per heavy atom. The summed E-state index contributed by atoms with van der Waals surface area (Å²) in [5, 5.41) is 12.8. The summed E-state index contributed by atoms with van der Waals surface area (Å²) in [6, 6.07) is 6.53. The Hall–Kier alpha value is -2.71. The molecule has 1 saturated heterocycles. The average molecular weight is 359 g/mol. The van der Waals surface area contributed by atoms with E-state index < -0.39 is 12.1 Å². The van der Waals surface area contributed by atoms with E-state index in [-0.39, 0.29) is 25.0 Å². The van der Waals surface area contributed by atoms with Crippen LogP contribution in [0.1, 0.15) is 16.8 Å². The Bertz CT molecular complexity index is 745. The molecule has 2 N–H and O–H groups in total. The Labute approximate surface area is 150 Å². The maximum atomic E-state index is 12.7. The Balaban J connectivity index is 1.66. The van der Waals surface area contributed by atoms with Crippen LogP contribution in [0.4, 0.5) is 0 Å². The number of piperidine rings is 1. The van der Waals surface area contributed by atoms with E-state index in [1.54, 1.807) is 35.4 Å². The van der Waals surface area contributed by atoms with Crippen LogP contribution >= 0.6 is 0 Å². The molecule has 0 radical (unpaired) electrons. The van der Waals surface area contributed by atoms with E-state index in [2.05, 4.69) is 10.3 Å². The molecule has 3 rings (SSSR count). The number of aromatic nitrogens is 1. The number of aliphatic hydroxyl groups excluding tert-OH is 1. The zero-order valence-corrected chi connectivity index (χ0v) is 14.4. The normalized spacial score (nSPS) is 20.0. The summed E-state index contributed by atoms with van der Waals surface area (Å²) in [6.07, 6.45) is 2.68. The molecule has 1 fully saturated rings. The van der Waals surface area contributed by atoms with Crippen molar-refractivity contribution >= 4 is 11.8 Å². The third kappa shape index (κ3) is 4.09. The smallest absolute Gasteiger partial charge is 0.253 e. The van der Waals surface area contributed by atoms with Gasteiger partial charge in [-0.15, -0.1) is 0 Å². The number of methoxy groups -OCH3 is 1. The highest BCUT2D eigenvalue weighted by Gasteiger charge is 2.31. The third-order valence-corrected chi connectivity index (χ3v) is 4.33. The predicted molar refractivity (Wildman–Crippen MR) is 92.3 cm³/mol. The molecule has 0 saturated carbocycles. The molecule has 0 unspecified atom stereocenters. The van der Waals surface area contributed by atoms with Crippen LogP contribution in [-0.4, -0.2) is 65.8 Å². The number of hydrogen-bond donors (Lipinski definition) is 2. The minimum absolute atomic E-state index is 0.0831. The Morgan fingerprint density at radius 1 is 1.38 bits per heavy atom. The van der Waals surface area contributed by atoms with Gasteiger partial charge in [-0.1, -0.05) is 12.1 Å². The van der Waals surface area contributed by atoms with Gasteiger partial charge in [0, 0.05) is 31.3 Å². The molecule has 2 atom stereocenters. The van der Waals surface area contributed by atoms with Crippen molar-refractivity contribution in [3.63, 3.8) is 0 Å². The van der Waals surface area contributed by atoms with Gasteiger partial charge in [0.05, 0.1) is 18.3 Å². The molecular formula is C18H21N3O5. The molecular weight excluding hydrogens is 338 g/mol. The zero-order valence-electron chi connectivity index (χ0n) is 14.4. The first-order valence-electron chi connectivity index (χ1n) is 8.33. The van der Waals surface area contributed by atoms with Gasteiger partial charge in [0.2, 0.25) is 5.91 Å². The van der Waals surface area contributed by atoms with Gasteiger partial charge >= 0.3 is 0 Å². The minimum Gasteiger partial charge on any atom is -0.444 e. The zero-order chi connectivity index (χ0) is 18.5. The fourth-order valence-electron chi connectivity index (χ4n) is 2.96. The highest BCUT2D eigenvalue weighted by atomic mass is 16.5. The van der Waals surface area contributed by atoms with Crippen LogP contribution in [0.5, 0.6) is 0 Å². The van der Waals surface area contributed by atoms with Crippen molar-refractivity contribution in [3.8, 4) is 11.3 Å².